The second-order valence-electron chi connectivity index (χ2n) is 14.1. The van der Waals surface area contributed by atoms with Crippen LogP contribution >= 0.6 is 0 Å². The van der Waals surface area contributed by atoms with Gasteiger partial charge in [-0.25, -0.2) is 15.0 Å². The smallest absolute Gasteiger partial charge is 0.164 e. The molecule has 0 aliphatic carbocycles. The van der Waals surface area contributed by atoms with E-state index in [0.29, 0.717) is 17.5 Å². The Bertz CT molecular complexity index is 3160. The quantitative estimate of drug-likeness (QED) is 0.172. The van der Waals surface area contributed by atoms with E-state index in [1.165, 1.54) is 32.4 Å². The minimum Gasteiger partial charge on any atom is -0.317 e. The molecular formula is C51H33N5. The summed E-state index contributed by atoms with van der Waals surface area (Å²) in [6.07, 6.45) is 2.17. The SMILES string of the molecule is c1ccc(-c2cc(-c3nc(-c4ccccc4)nc(-c4ccccc4)n3)cc(-n3c4ccccc4c4ccc5cc6ccn(-c7ccccc7)c6cc5c43)c2)cc1. The van der Waals surface area contributed by atoms with Crippen LogP contribution in [-0.2, 0) is 0 Å². The molecule has 5 nitrogen and oxygen atoms in total. The van der Waals surface area contributed by atoms with Crippen LogP contribution in [0.5, 0.6) is 0 Å². The molecule has 0 N–H and O–H groups in total. The van der Waals surface area contributed by atoms with Crippen molar-refractivity contribution in [3.8, 4) is 56.7 Å². The number of para-hydroxylation sites is 2. The van der Waals surface area contributed by atoms with Gasteiger partial charge in [-0.15, -0.1) is 0 Å². The van der Waals surface area contributed by atoms with Crippen LogP contribution in [0, 0.1) is 0 Å². The van der Waals surface area contributed by atoms with Crippen LogP contribution in [0.25, 0.3) is 100 Å². The van der Waals surface area contributed by atoms with Crippen molar-refractivity contribution in [2.45, 2.75) is 0 Å². The molecule has 0 amide bonds. The van der Waals surface area contributed by atoms with E-state index in [2.05, 4.69) is 149 Å². The summed E-state index contributed by atoms with van der Waals surface area (Å²) in [7, 11) is 0. The van der Waals surface area contributed by atoms with Gasteiger partial charge < -0.3 is 9.13 Å². The molecule has 0 aliphatic heterocycles. The number of hydrogen-bond acceptors (Lipinski definition) is 3. The third-order valence-corrected chi connectivity index (χ3v) is 10.7. The molecule has 0 fully saturated rings. The van der Waals surface area contributed by atoms with Crippen LogP contribution in [0.15, 0.2) is 200 Å². The summed E-state index contributed by atoms with van der Waals surface area (Å²) in [5.41, 5.74) is 10.6. The van der Waals surface area contributed by atoms with E-state index in [4.69, 9.17) is 15.0 Å². The van der Waals surface area contributed by atoms with Crippen molar-refractivity contribution in [2.24, 2.45) is 0 Å². The lowest BCUT2D eigenvalue weighted by atomic mass is 10.0. The van der Waals surface area contributed by atoms with E-state index < -0.39 is 0 Å². The van der Waals surface area contributed by atoms with E-state index in [9.17, 15) is 0 Å². The monoisotopic (exact) mass is 715 g/mol. The fraction of sp³-hybridized carbons (Fsp3) is 0. The topological polar surface area (TPSA) is 48.5 Å². The van der Waals surface area contributed by atoms with Crippen LogP contribution in [0.2, 0.25) is 0 Å². The van der Waals surface area contributed by atoms with E-state index in [1.54, 1.807) is 0 Å². The molecule has 0 atom stereocenters. The third kappa shape index (κ3) is 5.37. The average Bonchev–Trinajstić information content (AvgIpc) is 3.85. The van der Waals surface area contributed by atoms with E-state index in [0.717, 1.165) is 50.2 Å². The first-order chi connectivity index (χ1) is 27.7. The second-order valence-corrected chi connectivity index (χ2v) is 14.1. The standard InChI is InChI=1S/C51H33N5/c1-5-15-34(16-6-1)39-30-40(51-53-49(35-17-7-2-8-18-35)52-50(54-51)36-19-9-3-10-20-36)32-42(31-39)56-46-24-14-13-23-43(46)44-26-25-37-29-38-27-28-55(41-21-11-4-12-22-41)47(38)33-45(37)48(44)56/h1-33H. The van der Waals surface area contributed by atoms with Crippen molar-refractivity contribution in [1.29, 1.82) is 0 Å². The maximum atomic E-state index is 5.16. The van der Waals surface area contributed by atoms with Gasteiger partial charge in [0.1, 0.15) is 0 Å². The molecular weight excluding hydrogens is 683 g/mol. The molecule has 0 saturated carbocycles. The summed E-state index contributed by atoms with van der Waals surface area (Å²) in [5.74, 6) is 1.88. The Kier molecular flexibility index (Phi) is 7.42. The predicted molar refractivity (Wildman–Crippen MR) is 230 cm³/mol. The Labute approximate surface area is 323 Å². The Morgan fingerprint density at radius 3 is 1.57 bits per heavy atom. The highest BCUT2D eigenvalue weighted by atomic mass is 15.0. The van der Waals surface area contributed by atoms with Gasteiger partial charge in [-0.1, -0.05) is 140 Å². The van der Waals surface area contributed by atoms with Crippen LogP contribution < -0.4 is 0 Å². The first kappa shape index (κ1) is 31.9. The first-order valence-corrected chi connectivity index (χ1v) is 18.9. The molecule has 0 spiro atoms. The summed E-state index contributed by atoms with van der Waals surface area (Å²) < 4.78 is 4.71. The third-order valence-electron chi connectivity index (χ3n) is 10.7. The highest BCUT2D eigenvalue weighted by Gasteiger charge is 2.20. The highest BCUT2D eigenvalue weighted by molar-refractivity contribution is 6.20. The number of benzene rings is 8. The van der Waals surface area contributed by atoms with Gasteiger partial charge in [-0.2, -0.15) is 0 Å². The minimum absolute atomic E-state index is 0.616. The maximum absolute atomic E-state index is 5.16. The Balaban J connectivity index is 1.21. The molecule has 0 radical (unpaired) electrons. The molecule has 0 unspecified atom stereocenters. The number of hydrogen-bond donors (Lipinski definition) is 0. The fourth-order valence-electron chi connectivity index (χ4n) is 8.10. The van der Waals surface area contributed by atoms with Gasteiger partial charge in [0.2, 0.25) is 0 Å². The lowest BCUT2D eigenvalue weighted by molar-refractivity contribution is 1.07. The number of aromatic nitrogens is 5. The van der Waals surface area contributed by atoms with Gasteiger partial charge in [0.25, 0.3) is 0 Å². The van der Waals surface area contributed by atoms with Gasteiger partial charge in [0.15, 0.2) is 17.5 Å². The number of fused-ring (bicyclic) bond motifs is 6. The van der Waals surface area contributed by atoms with Crippen molar-refractivity contribution in [1.82, 2.24) is 24.1 Å². The van der Waals surface area contributed by atoms with Crippen molar-refractivity contribution in [3.05, 3.63) is 200 Å². The van der Waals surface area contributed by atoms with Crippen molar-refractivity contribution in [3.63, 3.8) is 0 Å². The molecule has 11 rings (SSSR count). The van der Waals surface area contributed by atoms with E-state index >= 15 is 0 Å². The highest BCUT2D eigenvalue weighted by Crippen LogP contribution is 2.40. The average molecular weight is 716 g/mol. The fourth-order valence-corrected chi connectivity index (χ4v) is 8.10. The molecule has 8 aromatic carbocycles. The summed E-state index contributed by atoms with van der Waals surface area (Å²) in [6, 6.07) is 68.3. The normalized spacial score (nSPS) is 11.6. The summed E-state index contributed by atoms with van der Waals surface area (Å²) in [6.45, 7) is 0. The first-order valence-electron chi connectivity index (χ1n) is 18.9. The van der Waals surface area contributed by atoms with Crippen LogP contribution in [0.1, 0.15) is 0 Å². The molecule has 0 bridgehead atoms. The number of nitrogens with zero attached hydrogens (tertiary/aromatic N) is 5. The molecule has 3 aromatic heterocycles. The van der Waals surface area contributed by atoms with Crippen LogP contribution in [0.4, 0.5) is 0 Å². The van der Waals surface area contributed by atoms with Crippen LogP contribution in [0.3, 0.4) is 0 Å². The molecule has 262 valence electrons. The molecule has 5 heteroatoms. The van der Waals surface area contributed by atoms with Gasteiger partial charge in [0.05, 0.1) is 16.6 Å². The summed E-state index contributed by atoms with van der Waals surface area (Å²) in [5, 5.41) is 5.99. The predicted octanol–water partition coefficient (Wildman–Crippen LogP) is 12.7. The van der Waals surface area contributed by atoms with E-state index in [-0.39, 0.29) is 0 Å². The Hall–Kier alpha value is -7.63. The Morgan fingerprint density at radius 2 is 0.893 bits per heavy atom. The van der Waals surface area contributed by atoms with Gasteiger partial charge in [0, 0.05) is 55.8 Å². The molecule has 0 saturated heterocycles. The molecule has 0 aliphatic rings. The van der Waals surface area contributed by atoms with E-state index in [1.807, 2.05) is 60.7 Å². The number of rotatable bonds is 6. The summed E-state index contributed by atoms with van der Waals surface area (Å²) >= 11 is 0. The second kappa shape index (κ2) is 13.0. The van der Waals surface area contributed by atoms with Crippen molar-refractivity contribution >= 4 is 43.5 Å². The zero-order valence-corrected chi connectivity index (χ0v) is 30.3. The van der Waals surface area contributed by atoms with Crippen molar-refractivity contribution < 1.29 is 0 Å². The van der Waals surface area contributed by atoms with Gasteiger partial charge in [-0.3, -0.25) is 0 Å². The van der Waals surface area contributed by atoms with Gasteiger partial charge in [-0.05, 0) is 71.1 Å². The minimum atomic E-state index is 0.616. The zero-order chi connectivity index (χ0) is 37.0. The zero-order valence-electron chi connectivity index (χ0n) is 30.3. The molecule has 56 heavy (non-hydrogen) atoms. The molecule has 3 heterocycles. The van der Waals surface area contributed by atoms with Crippen molar-refractivity contribution in [2.75, 3.05) is 0 Å². The lowest BCUT2D eigenvalue weighted by Gasteiger charge is -2.15. The van der Waals surface area contributed by atoms with Gasteiger partial charge >= 0.3 is 0 Å². The largest absolute Gasteiger partial charge is 0.317 e. The lowest BCUT2D eigenvalue weighted by Crippen LogP contribution is -2.02. The Morgan fingerprint density at radius 1 is 0.321 bits per heavy atom. The maximum Gasteiger partial charge on any atom is 0.164 e. The summed E-state index contributed by atoms with van der Waals surface area (Å²) in [4.78, 5) is 15.3. The molecule has 11 aromatic rings. The van der Waals surface area contributed by atoms with Crippen LogP contribution in [-0.4, -0.2) is 24.1 Å².